The van der Waals surface area contributed by atoms with Gasteiger partial charge in [0.1, 0.15) is 5.75 Å². The van der Waals surface area contributed by atoms with Crippen LogP contribution < -0.4 is 20.7 Å². The van der Waals surface area contributed by atoms with E-state index in [0.717, 1.165) is 66.9 Å². The lowest BCUT2D eigenvalue weighted by molar-refractivity contribution is 0.0624. The summed E-state index contributed by atoms with van der Waals surface area (Å²) in [6.45, 7) is 4.78. The second kappa shape index (κ2) is 13.1. The first-order valence-corrected chi connectivity index (χ1v) is 14.5. The standard InChI is InChI=1S/C31H40N6O4/c1-21-12-13-24(41-2)18-26(21)33-15-14-23-19-32-16-17-36(23)30(38)28-29(22-8-4-3-5-9-22)37(20-34-28)27-11-7-6-10-25(27)35-31(39)40/h3-5,8-9,12-13,18,20,23,25,27,32-33,35H,6-7,10-11,14-17,19H2,1-2H3,(H,39,40)/t23-,25+,27+/m1/s1. The molecule has 1 saturated carbocycles. The predicted molar refractivity (Wildman–Crippen MR) is 159 cm³/mol. The number of imidazole rings is 1. The van der Waals surface area contributed by atoms with Gasteiger partial charge in [-0.05, 0) is 37.8 Å². The van der Waals surface area contributed by atoms with Crippen LogP contribution in [0.4, 0.5) is 10.5 Å². The number of carbonyl (C=O) groups is 2. The molecule has 2 aromatic carbocycles. The van der Waals surface area contributed by atoms with Crippen molar-refractivity contribution in [3.8, 4) is 17.0 Å². The molecule has 2 heterocycles. The third-order valence-electron chi connectivity index (χ3n) is 8.29. The predicted octanol–water partition coefficient (Wildman–Crippen LogP) is 4.53. The Kier molecular flexibility index (Phi) is 9.08. The van der Waals surface area contributed by atoms with Gasteiger partial charge in [-0.15, -0.1) is 0 Å². The number of nitrogens with one attached hydrogen (secondary N) is 3. The Hall–Kier alpha value is -4.05. The highest BCUT2D eigenvalue weighted by Crippen LogP contribution is 2.35. The van der Waals surface area contributed by atoms with Crippen molar-refractivity contribution in [2.24, 2.45) is 0 Å². The van der Waals surface area contributed by atoms with Gasteiger partial charge in [0.05, 0.1) is 31.2 Å². The van der Waals surface area contributed by atoms with Crippen LogP contribution in [0.1, 0.15) is 54.2 Å². The topological polar surface area (TPSA) is 121 Å². The molecular formula is C31H40N6O4. The lowest BCUT2D eigenvalue weighted by atomic mass is 9.89. The van der Waals surface area contributed by atoms with Crippen molar-refractivity contribution in [2.75, 3.05) is 38.6 Å². The number of nitrogens with zero attached hydrogens (tertiary/aromatic N) is 3. The molecule has 10 heteroatoms. The average molecular weight is 561 g/mol. The summed E-state index contributed by atoms with van der Waals surface area (Å²) in [6.07, 6.45) is 5.01. The quantitative estimate of drug-likeness (QED) is 0.303. The molecule has 0 spiro atoms. The van der Waals surface area contributed by atoms with E-state index in [-0.39, 0.29) is 24.0 Å². The Morgan fingerprint density at radius 1 is 1.15 bits per heavy atom. The van der Waals surface area contributed by atoms with Crippen LogP contribution in [0.2, 0.25) is 0 Å². The van der Waals surface area contributed by atoms with Gasteiger partial charge in [0.2, 0.25) is 0 Å². The number of methoxy groups -OCH3 is 1. The molecule has 5 rings (SSSR count). The van der Waals surface area contributed by atoms with E-state index in [9.17, 15) is 14.7 Å². The van der Waals surface area contributed by atoms with Gasteiger partial charge >= 0.3 is 6.09 Å². The van der Waals surface area contributed by atoms with Gasteiger partial charge in [-0.2, -0.15) is 0 Å². The molecule has 1 saturated heterocycles. The zero-order valence-corrected chi connectivity index (χ0v) is 23.8. The molecule has 41 heavy (non-hydrogen) atoms. The number of hydrogen-bond donors (Lipinski definition) is 4. The van der Waals surface area contributed by atoms with E-state index in [4.69, 9.17) is 9.72 Å². The van der Waals surface area contributed by atoms with Gasteiger partial charge in [0.15, 0.2) is 5.69 Å². The molecule has 1 aliphatic heterocycles. The van der Waals surface area contributed by atoms with Crippen LogP contribution >= 0.6 is 0 Å². The van der Waals surface area contributed by atoms with Crippen molar-refractivity contribution in [3.63, 3.8) is 0 Å². The van der Waals surface area contributed by atoms with Crippen LogP contribution in [-0.4, -0.2) is 76.9 Å². The third kappa shape index (κ3) is 6.48. The SMILES string of the molecule is COc1ccc(C)c(NCC[C@@H]2CNCCN2C(=O)c2ncn([C@H]3CCCC[C@@H]3NC(=O)O)c2-c2ccccc2)c1. The van der Waals surface area contributed by atoms with Gasteiger partial charge in [-0.1, -0.05) is 49.2 Å². The molecule has 0 radical (unpaired) electrons. The second-order valence-electron chi connectivity index (χ2n) is 10.9. The molecule has 2 fully saturated rings. The highest BCUT2D eigenvalue weighted by Gasteiger charge is 2.35. The summed E-state index contributed by atoms with van der Waals surface area (Å²) in [4.78, 5) is 32.4. The second-order valence-corrected chi connectivity index (χ2v) is 10.9. The number of benzene rings is 2. The van der Waals surface area contributed by atoms with Gasteiger partial charge in [0, 0.05) is 49.5 Å². The van der Waals surface area contributed by atoms with E-state index >= 15 is 0 Å². The van der Waals surface area contributed by atoms with Crippen LogP contribution in [0, 0.1) is 6.92 Å². The number of aromatic nitrogens is 2. The largest absolute Gasteiger partial charge is 0.497 e. The van der Waals surface area contributed by atoms with Gasteiger partial charge in [0.25, 0.3) is 5.91 Å². The van der Waals surface area contributed by atoms with Crippen LogP contribution in [0.25, 0.3) is 11.3 Å². The zero-order valence-electron chi connectivity index (χ0n) is 23.8. The van der Waals surface area contributed by atoms with Crippen LogP contribution in [-0.2, 0) is 0 Å². The molecule has 3 atom stereocenters. The highest BCUT2D eigenvalue weighted by atomic mass is 16.5. The molecule has 3 aromatic rings. The Balaban J connectivity index is 1.40. The van der Waals surface area contributed by atoms with Crippen LogP contribution in [0.3, 0.4) is 0 Å². The number of anilines is 1. The third-order valence-corrected chi connectivity index (χ3v) is 8.29. The van der Waals surface area contributed by atoms with E-state index in [2.05, 4.69) is 22.9 Å². The molecular weight excluding hydrogens is 520 g/mol. The summed E-state index contributed by atoms with van der Waals surface area (Å²) in [7, 11) is 1.66. The Bertz CT molecular complexity index is 1340. The molecule has 218 valence electrons. The fourth-order valence-electron chi connectivity index (χ4n) is 6.14. The normalized spacial score (nSPS) is 20.8. The van der Waals surface area contributed by atoms with Crippen molar-refractivity contribution in [1.29, 1.82) is 0 Å². The first-order chi connectivity index (χ1) is 20.0. The van der Waals surface area contributed by atoms with Crippen molar-refractivity contribution in [1.82, 2.24) is 25.1 Å². The first-order valence-electron chi connectivity index (χ1n) is 14.5. The van der Waals surface area contributed by atoms with Crippen molar-refractivity contribution >= 4 is 17.7 Å². The molecule has 10 nitrogen and oxygen atoms in total. The van der Waals surface area contributed by atoms with Crippen molar-refractivity contribution in [3.05, 3.63) is 66.1 Å². The van der Waals surface area contributed by atoms with Crippen LogP contribution in [0.5, 0.6) is 5.75 Å². The summed E-state index contributed by atoms with van der Waals surface area (Å²) in [5.74, 6) is 0.710. The fraction of sp³-hybridized carbons (Fsp3) is 0.452. The maximum atomic E-state index is 14.2. The molecule has 2 amide bonds. The molecule has 1 aliphatic carbocycles. The summed E-state index contributed by atoms with van der Waals surface area (Å²) in [5, 5.41) is 19.2. The Morgan fingerprint density at radius 3 is 2.73 bits per heavy atom. The van der Waals surface area contributed by atoms with E-state index in [1.807, 2.05) is 58.0 Å². The number of carboxylic acid groups (broad SMARTS) is 1. The van der Waals surface area contributed by atoms with Crippen molar-refractivity contribution in [2.45, 2.75) is 57.2 Å². The maximum absolute atomic E-state index is 14.2. The lowest BCUT2D eigenvalue weighted by Gasteiger charge is -2.36. The van der Waals surface area contributed by atoms with Gasteiger partial charge in [-0.25, -0.2) is 9.78 Å². The van der Waals surface area contributed by atoms with Gasteiger partial charge < -0.3 is 35.3 Å². The summed E-state index contributed by atoms with van der Waals surface area (Å²) >= 11 is 0. The van der Waals surface area contributed by atoms with E-state index in [1.54, 1.807) is 13.4 Å². The van der Waals surface area contributed by atoms with E-state index in [0.29, 0.717) is 25.3 Å². The first kappa shape index (κ1) is 28.5. The Morgan fingerprint density at radius 2 is 1.95 bits per heavy atom. The molecule has 1 aromatic heterocycles. The Labute approximate surface area is 241 Å². The minimum atomic E-state index is -1.03. The monoisotopic (exact) mass is 560 g/mol. The number of ether oxygens (including phenoxy) is 1. The fourth-order valence-corrected chi connectivity index (χ4v) is 6.14. The number of piperazine rings is 1. The number of amides is 2. The highest BCUT2D eigenvalue weighted by molar-refractivity contribution is 5.98. The zero-order chi connectivity index (χ0) is 28.8. The lowest BCUT2D eigenvalue weighted by Crippen LogP contribution is -2.54. The minimum Gasteiger partial charge on any atom is -0.497 e. The van der Waals surface area contributed by atoms with Crippen LogP contribution in [0.15, 0.2) is 54.9 Å². The summed E-state index contributed by atoms with van der Waals surface area (Å²) < 4.78 is 7.41. The minimum absolute atomic E-state index is 0.000423. The van der Waals surface area contributed by atoms with Crippen molar-refractivity contribution < 1.29 is 19.4 Å². The number of rotatable bonds is 9. The molecule has 0 bridgehead atoms. The molecule has 2 aliphatic rings. The number of carbonyl (C=O) groups excluding carboxylic acids is 1. The molecule has 4 N–H and O–H groups in total. The summed E-state index contributed by atoms with van der Waals surface area (Å²) in [6, 6.07) is 15.5. The molecule has 0 unspecified atom stereocenters. The average Bonchev–Trinajstić information content (AvgIpc) is 3.43. The maximum Gasteiger partial charge on any atom is 0.404 e. The smallest absolute Gasteiger partial charge is 0.404 e. The van der Waals surface area contributed by atoms with E-state index < -0.39 is 6.09 Å². The summed E-state index contributed by atoms with van der Waals surface area (Å²) in [5.41, 5.74) is 4.22. The van der Waals surface area contributed by atoms with E-state index in [1.165, 1.54) is 0 Å². The van der Waals surface area contributed by atoms with Gasteiger partial charge in [-0.3, -0.25) is 4.79 Å². The number of aryl methyl sites for hydroxylation is 1. The number of hydrogen-bond acceptors (Lipinski definition) is 6.